The minimum Gasteiger partial charge on any atom is -0.507 e. The molecule has 4 rings (SSSR count). The number of aromatic amines is 1. The number of carbonyl (C=O) groups is 1. The molecule has 2 aromatic carbocycles. The Hall–Kier alpha value is -3.28. The average molecular weight is 420 g/mol. The summed E-state index contributed by atoms with van der Waals surface area (Å²) in [5, 5.41) is 17.8. The lowest BCUT2D eigenvalue weighted by Crippen LogP contribution is -2.30. The van der Waals surface area contributed by atoms with Crippen molar-refractivity contribution in [2.24, 2.45) is 5.92 Å². The van der Waals surface area contributed by atoms with Crippen LogP contribution in [0.15, 0.2) is 48.5 Å². The largest absolute Gasteiger partial charge is 0.507 e. The summed E-state index contributed by atoms with van der Waals surface area (Å²) in [6.07, 6.45) is 1.83. The number of nitrogens with zero attached hydrogens (tertiary/aromatic N) is 2. The Kier molecular flexibility index (Phi) is 5.98. The zero-order valence-corrected chi connectivity index (χ0v) is 18.3. The van der Waals surface area contributed by atoms with Gasteiger partial charge in [-0.05, 0) is 48.6 Å². The van der Waals surface area contributed by atoms with Gasteiger partial charge in [0, 0.05) is 17.7 Å². The van der Waals surface area contributed by atoms with Crippen molar-refractivity contribution >= 4 is 5.91 Å². The summed E-state index contributed by atoms with van der Waals surface area (Å²) < 4.78 is 5.98. The fraction of sp³-hybridized carbons (Fsp3) is 0.360. The maximum absolute atomic E-state index is 13.2. The number of hydrogen-bond acceptors (Lipinski definition) is 4. The Balaban J connectivity index is 1.76. The summed E-state index contributed by atoms with van der Waals surface area (Å²) in [6, 6.07) is 14.7. The molecule has 0 spiro atoms. The third-order valence-electron chi connectivity index (χ3n) is 5.63. The van der Waals surface area contributed by atoms with Crippen LogP contribution in [0.5, 0.6) is 11.5 Å². The number of phenolic OH excluding ortho intramolecular Hbond substituents is 1. The van der Waals surface area contributed by atoms with Crippen LogP contribution in [0.1, 0.15) is 61.3 Å². The van der Waals surface area contributed by atoms with E-state index >= 15 is 0 Å². The number of hydrogen-bond donors (Lipinski definition) is 2. The molecule has 1 amide bonds. The lowest BCUT2D eigenvalue weighted by molar-refractivity contribution is 0.0743. The van der Waals surface area contributed by atoms with Crippen molar-refractivity contribution in [2.75, 3.05) is 13.2 Å². The van der Waals surface area contributed by atoms with E-state index in [0.717, 1.165) is 29.7 Å². The highest BCUT2D eigenvalue weighted by atomic mass is 16.5. The summed E-state index contributed by atoms with van der Waals surface area (Å²) in [5.41, 5.74) is 3.49. The molecule has 1 atom stereocenters. The smallest absolute Gasteiger partial charge is 0.273 e. The fourth-order valence-corrected chi connectivity index (χ4v) is 4.08. The number of rotatable bonds is 8. The number of carbonyl (C=O) groups excluding carboxylic acids is 1. The highest BCUT2D eigenvalue weighted by molar-refractivity contribution is 6.00. The van der Waals surface area contributed by atoms with E-state index in [1.807, 2.05) is 41.3 Å². The highest BCUT2D eigenvalue weighted by Gasteiger charge is 2.42. The number of para-hydroxylation sites is 1. The predicted molar refractivity (Wildman–Crippen MR) is 120 cm³/mol. The predicted octanol–water partition coefficient (Wildman–Crippen LogP) is 5.16. The first-order valence-corrected chi connectivity index (χ1v) is 10.9. The van der Waals surface area contributed by atoms with Gasteiger partial charge in [0.05, 0.1) is 12.6 Å². The molecule has 0 bridgehead atoms. The van der Waals surface area contributed by atoms with Gasteiger partial charge in [-0.1, -0.05) is 45.0 Å². The molecule has 0 saturated heterocycles. The van der Waals surface area contributed by atoms with Crippen molar-refractivity contribution in [3.05, 3.63) is 65.4 Å². The lowest BCUT2D eigenvalue weighted by Gasteiger charge is -2.26. The number of phenols is 1. The molecule has 6 nitrogen and oxygen atoms in total. The van der Waals surface area contributed by atoms with E-state index in [9.17, 15) is 9.90 Å². The summed E-state index contributed by atoms with van der Waals surface area (Å²) in [5.74, 6) is 1.44. The summed E-state index contributed by atoms with van der Waals surface area (Å²) >= 11 is 0. The Morgan fingerprint density at radius 1 is 1.19 bits per heavy atom. The van der Waals surface area contributed by atoms with E-state index in [2.05, 4.69) is 31.0 Å². The molecule has 2 N–H and O–H groups in total. The number of ether oxygens (including phenoxy) is 1. The van der Waals surface area contributed by atoms with Crippen molar-refractivity contribution in [3.8, 4) is 22.8 Å². The number of amides is 1. The molecule has 31 heavy (non-hydrogen) atoms. The zero-order valence-electron chi connectivity index (χ0n) is 18.3. The van der Waals surface area contributed by atoms with Crippen LogP contribution < -0.4 is 4.74 Å². The maximum atomic E-state index is 13.2. The van der Waals surface area contributed by atoms with E-state index in [4.69, 9.17) is 4.74 Å². The summed E-state index contributed by atoms with van der Waals surface area (Å²) in [7, 11) is 0. The maximum Gasteiger partial charge on any atom is 0.273 e. The second kappa shape index (κ2) is 8.84. The molecule has 0 fully saturated rings. The van der Waals surface area contributed by atoms with Crippen molar-refractivity contribution in [1.29, 1.82) is 0 Å². The Bertz CT molecular complexity index is 1070. The topological polar surface area (TPSA) is 78.5 Å². The molecule has 162 valence electrons. The molecule has 0 radical (unpaired) electrons. The van der Waals surface area contributed by atoms with Crippen LogP contribution in [-0.2, 0) is 0 Å². The first-order valence-electron chi connectivity index (χ1n) is 10.9. The van der Waals surface area contributed by atoms with Crippen molar-refractivity contribution in [1.82, 2.24) is 15.1 Å². The van der Waals surface area contributed by atoms with Crippen LogP contribution >= 0.6 is 0 Å². The molecule has 0 saturated carbocycles. The minimum atomic E-state index is -0.288. The fourth-order valence-electron chi connectivity index (χ4n) is 4.08. The van der Waals surface area contributed by atoms with Crippen LogP contribution in [0, 0.1) is 5.92 Å². The average Bonchev–Trinajstić information content (AvgIpc) is 3.28. The van der Waals surface area contributed by atoms with Gasteiger partial charge in [-0.25, -0.2) is 0 Å². The third-order valence-corrected chi connectivity index (χ3v) is 5.63. The van der Waals surface area contributed by atoms with Crippen LogP contribution in [0.3, 0.4) is 0 Å². The Morgan fingerprint density at radius 3 is 2.74 bits per heavy atom. The SMILES string of the molecule is CCCN1C(=O)c2[nH]nc(-c3ccccc3O)c2C1c1cccc(OCCC(C)C)c1. The molecular formula is C25H29N3O3. The number of H-pyrrole nitrogens is 1. The number of aromatic nitrogens is 2. The van der Waals surface area contributed by atoms with E-state index in [-0.39, 0.29) is 17.7 Å². The summed E-state index contributed by atoms with van der Waals surface area (Å²) in [4.78, 5) is 15.1. The van der Waals surface area contributed by atoms with Crippen molar-refractivity contribution in [3.63, 3.8) is 0 Å². The van der Waals surface area contributed by atoms with Gasteiger partial charge in [0.25, 0.3) is 5.91 Å². The quantitative estimate of drug-likeness (QED) is 0.528. The molecule has 1 aliphatic heterocycles. The van der Waals surface area contributed by atoms with Gasteiger partial charge in [0.15, 0.2) is 0 Å². The number of nitrogens with one attached hydrogen (secondary N) is 1. The molecule has 2 heterocycles. The summed E-state index contributed by atoms with van der Waals surface area (Å²) in [6.45, 7) is 7.69. The Labute approximate surface area is 182 Å². The van der Waals surface area contributed by atoms with Crippen LogP contribution in [0.25, 0.3) is 11.3 Å². The van der Waals surface area contributed by atoms with Gasteiger partial charge in [-0.3, -0.25) is 9.89 Å². The molecule has 1 aromatic heterocycles. The first-order chi connectivity index (χ1) is 15.0. The van der Waals surface area contributed by atoms with Crippen LogP contribution in [0.2, 0.25) is 0 Å². The van der Waals surface area contributed by atoms with Crippen LogP contribution in [-0.4, -0.2) is 39.3 Å². The number of aromatic hydroxyl groups is 1. The van der Waals surface area contributed by atoms with E-state index in [0.29, 0.717) is 36.0 Å². The normalized spacial score (nSPS) is 15.5. The van der Waals surface area contributed by atoms with E-state index in [1.54, 1.807) is 12.1 Å². The zero-order chi connectivity index (χ0) is 22.0. The monoisotopic (exact) mass is 419 g/mol. The van der Waals surface area contributed by atoms with Gasteiger partial charge < -0.3 is 14.7 Å². The third kappa shape index (κ3) is 4.02. The minimum absolute atomic E-state index is 0.0675. The van der Waals surface area contributed by atoms with Gasteiger partial charge in [0.1, 0.15) is 22.9 Å². The molecule has 6 heteroatoms. The lowest BCUT2D eigenvalue weighted by atomic mass is 9.95. The van der Waals surface area contributed by atoms with Crippen molar-refractivity contribution < 1.29 is 14.6 Å². The van der Waals surface area contributed by atoms with Gasteiger partial charge in [-0.2, -0.15) is 5.10 Å². The van der Waals surface area contributed by atoms with E-state index in [1.165, 1.54) is 0 Å². The van der Waals surface area contributed by atoms with E-state index < -0.39 is 0 Å². The molecule has 1 unspecified atom stereocenters. The molecule has 1 aliphatic rings. The van der Waals surface area contributed by atoms with Gasteiger partial charge in [0.2, 0.25) is 0 Å². The first kappa shape index (κ1) is 21.0. The molecule has 0 aliphatic carbocycles. The molecular weight excluding hydrogens is 390 g/mol. The Morgan fingerprint density at radius 2 is 2.00 bits per heavy atom. The second-order valence-corrected chi connectivity index (χ2v) is 8.38. The van der Waals surface area contributed by atoms with Crippen molar-refractivity contribution in [2.45, 2.75) is 39.7 Å². The highest BCUT2D eigenvalue weighted by Crippen LogP contribution is 2.44. The van der Waals surface area contributed by atoms with Gasteiger partial charge >= 0.3 is 0 Å². The number of benzene rings is 2. The van der Waals surface area contributed by atoms with Crippen LogP contribution in [0.4, 0.5) is 0 Å². The molecule has 3 aromatic rings. The second-order valence-electron chi connectivity index (χ2n) is 8.38. The standard InChI is InChI=1S/C25H29N3O3/c1-4-13-28-24(17-8-7-9-18(15-17)31-14-12-16(2)3)21-22(26-27-23(21)25(28)30)19-10-5-6-11-20(19)29/h5-11,15-16,24,29H,4,12-14H2,1-3H3,(H,26,27). The number of fused-ring (bicyclic) bond motifs is 1. The van der Waals surface area contributed by atoms with Gasteiger partial charge in [-0.15, -0.1) is 0 Å².